The number of hydrogen-bond donors (Lipinski definition) is 1. The van der Waals surface area contributed by atoms with Gasteiger partial charge in [-0.2, -0.15) is 0 Å². The molecule has 2 rings (SSSR count). The Labute approximate surface area is 86.9 Å². The van der Waals surface area contributed by atoms with E-state index in [1.165, 1.54) is 7.11 Å². The summed E-state index contributed by atoms with van der Waals surface area (Å²) in [6.45, 7) is 1.95. The summed E-state index contributed by atoms with van der Waals surface area (Å²) in [5, 5.41) is 7.53. The van der Waals surface area contributed by atoms with E-state index in [0.717, 1.165) is 11.1 Å². The zero-order valence-corrected chi connectivity index (χ0v) is 8.52. The second kappa shape index (κ2) is 3.61. The van der Waals surface area contributed by atoms with Crippen molar-refractivity contribution in [2.24, 2.45) is 0 Å². The smallest absolute Gasteiger partial charge is 0.414 e. The van der Waals surface area contributed by atoms with Gasteiger partial charge in [0.2, 0.25) is 0 Å². The van der Waals surface area contributed by atoms with Crippen molar-refractivity contribution >= 4 is 5.69 Å². The molecule has 0 spiro atoms. The van der Waals surface area contributed by atoms with Crippen molar-refractivity contribution in [3.8, 4) is 17.5 Å². The van der Waals surface area contributed by atoms with Crippen LogP contribution in [0, 0.1) is 6.92 Å². The Balaban J connectivity index is 2.44. The Morgan fingerprint density at radius 1 is 1.27 bits per heavy atom. The maximum atomic E-state index is 5.71. The molecule has 1 heterocycles. The van der Waals surface area contributed by atoms with Crippen molar-refractivity contribution in [3.05, 3.63) is 23.8 Å². The third kappa shape index (κ3) is 1.90. The van der Waals surface area contributed by atoms with E-state index in [2.05, 4.69) is 10.2 Å². The molecular formula is C10H11N3O2. The van der Waals surface area contributed by atoms with Crippen LogP contribution in [0.25, 0.3) is 11.5 Å². The van der Waals surface area contributed by atoms with Gasteiger partial charge in [-0.1, -0.05) is 5.10 Å². The Kier molecular flexibility index (Phi) is 2.29. The molecule has 0 fully saturated rings. The van der Waals surface area contributed by atoms with Crippen molar-refractivity contribution in [2.75, 3.05) is 12.8 Å². The van der Waals surface area contributed by atoms with Crippen LogP contribution in [0.2, 0.25) is 0 Å². The summed E-state index contributed by atoms with van der Waals surface area (Å²) in [5.41, 5.74) is 8.22. The number of benzene rings is 1. The van der Waals surface area contributed by atoms with Gasteiger partial charge in [0.1, 0.15) is 0 Å². The summed E-state index contributed by atoms with van der Waals surface area (Å²) in [6, 6.07) is 5.57. The fourth-order valence-electron chi connectivity index (χ4n) is 1.35. The van der Waals surface area contributed by atoms with E-state index >= 15 is 0 Å². The van der Waals surface area contributed by atoms with Gasteiger partial charge < -0.3 is 14.9 Å². The number of aryl methyl sites for hydroxylation is 1. The molecule has 0 amide bonds. The molecule has 5 nitrogen and oxygen atoms in total. The normalized spacial score (nSPS) is 10.3. The predicted octanol–water partition coefficient (Wildman–Crippen LogP) is 1.64. The van der Waals surface area contributed by atoms with E-state index < -0.39 is 0 Å². The SMILES string of the molecule is COc1nnc(-c2cc(C)cc(N)c2)o1. The van der Waals surface area contributed by atoms with E-state index in [-0.39, 0.29) is 6.08 Å². The lowest BCUT2D eigenvalue weighted by atomic mass is 10.1. The molecule has 1 aromatic carbocycles. The van der Waals surface area contributed by atoms with Gasteiger partial charge in [0, 0.05) is 11.3 Å². The minimum atomic E-state index is 0.144. The topological polar surface area (TPSA) is 74.2 Å². The minimum Gasteiger partial charge on any atom is -0.452 e. The van der Waals surface area contributed by atoms with Crippen LogP contribution in [0.1, 0.15) is 5.56 Å². The van der Waals surface area contributed by atoms with Crippen LogP contribution in [-0.2, 0) is 0 Å². The number of nitrogens with zero attached hydrogens (tertiary/aromatic N) is 2. The first-order valence-electron chi connectivity index (χ1n) is 4.44. The molecule has 78 valence electrons. The van der Waals surface area contributed by atoms with Crippen LogP contribution in [0.3, 0.4) is 0 Å². The molecule has 0 atom stereocenters. The van der Waals surface area contributed by atoms with Gasteiger partial charge in [-0.25, -0.2) is 0 Å². The summed E-state index contributed by atoms with van der Waals surface area (Å²) in [4.78, 5) is 0. The van der Waals surface area contributed by atoms with Gasteiger partial charge in [0.15, 0.2) is 0 Å². The van der Waals surface area contributed by atoms with E-state index in [9.17, 15) is 0 Å². The summed E-state index contributed by atoms with van der Waals surface area (Å²) < 4.78 is 10.0. The number of ether oxygens (including phenoxy) is 1. The number of nitrogen functional groups attached to an aromatic ring is 1. The molecule has 0 saturated carbocycles. The van der Waals surface area contributed by atoms with Crippen molar-refractivity contribution in [3.63, 3.8) is 0 Å². The standard InChI is InChI=1S/C10H11N3O2/c1-6-3-7(5-8(11)4-6)9-12-13-10(14-2)15-9/h3-5H,11H2,1-2H3. The van der Waals surface area contributed by atoms with Gasteiger partial charge >= 0.3 is 6.08 Å². The predicted molar refractivity (Wildman–Crippen MR) is 55.4 cm³/mol. The van der Waals surface area contributed by atoms with Crippen LogP contribution < -0.4 is 10.5 Å². The largest absolute Gasteiger partial charge is 0.452 e. The molecule has 5 heteroatoms. The zero-order chi connectivity index (χ0) is 10.8. The lowest BCUT2D eigenvalue weighted by molar-refractivity contribution is 0.293. The molecule has 2 N–H and O–H groups in total. The van der Waals surface area contributed by atoms with E-state index in [0.29, 0.717) is 11.6 Å². The fourth-order valence-corrected chi connectivity index (χ4v) is 1.35. The Hall–Kier alpha value is -2.04. The summed E-state index contributed by atoms with van der Waals surface area (Å²) in [7, 11) is 1.47. The van der Waals surface area contributed by atoms with Crippen LogP contribution in [0.4, 0.5) is 5.69 Å². The first kappa shape index (κ1) is 9.51. The van der Waals surface area contributed by atoms with E-state index in [4.69, 9.17) is 14.9 Å². The van der Waals surface area contributed by atoms with Crippen molar-refractivity contribution < 1.29 is 9.15 Å². The van der Waals surface area contributed by atoms with Crippen LogP contribution in [-0.4, -0.2) is 17.3 Å². The second-order valence-corrected chi connectivity index (χ2v) is 3.21. The van der Waals surface area contributed by atoms with E-state index in [1.807, 2.05) is 19.1 Å². The quantitative estimate of drug-likeness (QED) is 0.754. The van der Waals surface area contributed by atoms with Gasteiger partial charge in [-0.05, 0) is 30.7 Å². The molecule has 15 heavy (non-hydrogen) atoms. The highest BCUT2D eigenvalue weighted by molar-refractivity contribution is 5.61. The minimum absolute atomic E-state index is 0.144. The number of aromatic nitrogens is 2. The van der Waals surface area contributed by atoms with Gasteiger partial charge in [0.25, 0.3) is 5.89 Å². The molecule has 0 radical (unpaired) electrons. The van der Waals surface area contributed by atoms with Crippen molar-refractivity contribution in [1.29, 1.82) is 0 Å². The number of rotatable bonds is 2. The molecule has 0 saturated heterocycles. The van der Waals surface area contributed by atoms with Crippen molar-refractivity contribution in [1.82, 2.24) is 10.2 Å². The van der Waals surface area contributed by atoms with Gasteiger partial charge in [-0.3, -0.25) is 0 Å². The monoisotopic (exact) mass is 205 g/mol. The Morgan fingerprint density at radius 3 is 2.67 bits per heavy atom. The molecule has 2 aromatic rings. The number of anilines is 1. The third-order valence-electron chi connectivity index (χ3n) is 1.93. The summed E-state index contributed by atoms with van der Waals surface area (Å²) in [5.74, 6) is 0.405. The summed E-state index contributed by atoms with van der Waals surface area (Å²) >= 11 is 0. The lowest BCUT2D eigenvalue weighted by Gasteiger charge is -1.99. The molecule has 0 unspecified atom stereocenters. The number of nitrogens with two attached hydrogens (primary N) is 1. The van der Waals surface area contributed by atoms with Gasteiger partial charge in [0.05, 0.1) is 7.11 Å². The molecular weight excluding hydrogens is 194 g/mol. The second-order valence-electron chi connectivity index (χ2n) is 3.21. The summed E-state index contributed by atoms with van der Waals surface area (Å²) in [6.07, 6.45) is 0.144. The highest BCUT2D eigenvalue weighted by Crippen LogP contribution is 2.23. The molecule has 0 aliphatic rings. The van der Waals surface area contributed by atoms with Crippen molar-refractivity contribution in [2.45, 2.75) is 6.92 Å². The zero-order valence-electron chi connectivity index (χ0n) is 8.52. The first-order valence-corrected chi connectivity index (χ1v) is 4.44. The molecule has 1 aromatic heterocycles. The van der Waals surface area contributed by atoms with E-state index in [1.54, 1.807) is 6.07 Å². The van der Waals surface area contributed by atoms with Crippen LogP contribution in [0.15, 0.2) is 22.6 Å². The maximum absolute atomic E-state index is 5.71. The number of methoxy groups -OCH3 is 1. The fraction of sp³-hybridized carbons (Fsp3) is 0.200. The molecule has 0 bridgehead atoms. The Bertz CT molecular complexity index is 459. The maximum Gasteiger partial charge on any atom is 0.414 e. The van der Waals surface area contributed by atoms with Crippen LogP contribution >= 0.6 is 0 Å². The van der Waals surface area contributed by atoms with Gasteiger partial charge in [-0.15, -0.1) is 5.10 Å². The van der Waals surface area contributed by atoms with Crippen LogP contribution in [0.5, 0.6) is 6.08 Å². The molecule has 0 aliphatic carbocycles. The first-order chi connectivity index (χ1) is 7.19. The Morgan fingerprint density at radius 2 is 2.07 bits per heavy atom. The average molecular weight is 205 g/mol. The molecule has 0 aliphatic heterocycles. The highest BCUT2D eigenvalue weighted by Gasteiger charge is 2.09. The number of hydrogen-bond acceptors (Lipinski definition) is 5. The highest BCUT2D eigenvalue weighted by atomic mass is 16.6. The lowest BCUT2D eigenvalue weighted by Crippen LogP contribution is -1.87. The average Bonchev–Trinajstić information content (AvgIpc) is 2.64. The third-order valence-corrected chi connectivity index (χ3v) is 1.93.